The standard InChI is InChI=1S/C12H12F4O3S/c13-9-3-1-2-8-7(9)4-5-10(8)20(18,19)6-11(17)12(14,15)16/h1-3,10-11,17H,4-6H2/t10-,11+/m0/s1. The summed E-state index contributed by atoms with van der Waals surface area (Å²) in [7, 11) is -4.21. The van der Waals surface area contributed by atoms with E-state index in [4.69, 9.17) is 5.11 Å². The lowest BCUT2D eigenvalue weighted by molar-refractivity contribution is -0.196. The number of aliphatic hydroxyl groups is 1. The second-order valence-electron chi connectivity index (χ2n) is 4.72. The Kier molecular flexibility index (Phi) is 3.81. The average molecular weight is 312 g/mol. The molecule has 1 aromatic carbocycles. The zero-order valence-corrected chi connectivity index (χ0v) is 11.0. The monoisotopic (exact) mass is 312 g/mol. The first kappa shape index (κ1) is 15.2. The van der Waals surface area contributed by atoms with Gasteiger partial charge in [-0.25, -0.2) is 12.8 Å². The topological polar surface area (TPSA) is 54.4 Å². The Morgan fingerprint density at radius 3 is 2.60 bits per heavy atom. The molecule has 112 valence electrons. The summed E-state index contributed by atoms with van der Waals surface area (Å²) in [6.07, 6.45) is -7.72. The lowest BCUT2D eigenvalue weighted by Crippen LogP contribution is -2.36. The van der Waals surface area contributed by atoms with E-state index >= 15 is 0 Å². The van der Waals surface area contributed by atoms with Gasteiger partial charge in [0.2, 0.25) is 0 Å². The number of alkyl halides is 3. The summed E-state index contributed by atoms with van der Waals surface area (Å²) in [6, 6.07) is 3.90. The molecule has 0 aliphatic heterocycles. The number of aliphatic hydroxyl groups excluding tert-OH is 1. The highest BCUT2D eigenvalue weighted by atomic mass is 32.2. The van der Waals surface area contributed by atoms with E-state index < -0.39 is 38.9 Å². The molecule has 0 heterocycles. The van der Waals surface area contributed by atoms with Crippen molar-refractivity contribution in [3.05, 3.63) is 35.1 Å². The highest BCUT2D eigenvalue weighted by Gasteiger charge is 2.44. The van der Waals surface area contributed by atoms with Gasteiger partial charge in [-0.1, -0.05) is 12.1 Å². The van der Waals surface area contributed by atoms with Gasteiger partial charge in [0.25, 0.3) is 0 Å². The van der Waals surface area contributed by atoms with Crippen molar-refractivity contribution in [2.24, 2.45) is 0 Å². The fourth-order valence-corrected chi connectivity index (χ4v) is 4.32. The molecule has 0 spiro atoms. The van der Waals surface area contributed by atoms with E-state index in [-0.39, 0.29) is 24.0 Å². The predicted octanol–water partition coefficient (Wildman–Crippen LogP) is 2.15. The van der Waals surface area contributed by atoms with Gasteiger partial charge in [-0.05, 0) is 30.0 Å². The normalized spacial score (nSPS) is 20.8. The zero-order chi connectivity index (χ0) is 15.1. The summed E-state index contributed by atoms with van der Waals surface area (Å²) in [5.74, 6) is -1.96. The van der Waals surface area contributed by atoms with E-state index in [2.05, 4.69) is 0 Å². The Bertz CT molecular complexity index is 610. The quantitative estimate of drug-likeness (QED) is 0.870. The first-order valence-electron chi connectivity index (χ1n) is 5.86. The summed E-state index contributed by atoms with van der Waals surface area (Å²) in [4.78, 5) is 0. The molecule has 1 aromatic rings. The smallest absolute Gasteiger partial charge is 0.383 e. The molecule has 3 nitrogen and oxygen atoms in total. The van der Waals surface area contributed by atoms with E-state index in [0.717, 1.165) is 0 Å². The zero-order valence-electron chi connectivity index (χ0n) is 10.2. The minimum absolute atomic E-state index is 0.0309. The van der Waals surface area contributed by atoms with E-state index in [9.17, 15) is 26.0 Å². The second-order valence-corrected chi connectivity index (χ2v) is 6.95. The number of fused-ring (bicyclic) bond motifs is 1. The summed E-state index contributed by atoms with van der Waals surface area (Å²) in [5.41, 5.74) is 0.418. The Balaban J connectivity index is 2.28. The molecule has 0 amide bonds. The van der Waals surface area contributed by atoms with Crippen LogP contribution in [0.5, 0.6) is 0 Å². The second kappa shape index (κ2) is 5.00. The maximum Gasteiger partial charge on any atom is 0.415 e. The Hall–Kier alpha value is -1.15. The number of hydrogen-bond acceptors (Lipinski definition) is 3. The van der Waals surface area contributed by atoms with Crippen LogP contribution >= 0.6 is 0 Å². The van der Waals surface area contributed by atoms with E-state index in [1.165, 1.54) is 18.2 Å². The van der Waals surface area contributed by atoms with Crippen LogP contribution in [0.1, 0.15) is 22.8 Å². The molecule has 0 unspecified atom stereocenters. The third-order valence-corrected chi connectivity index (χ3v) is 5.50. The van der Waals surface area contributed by atoms with Crippen molar-refractivity contribution in [1.29, 1.82) is 0 Å². The average Bonchev–Trinajstić information content (AvgIpc) is 2.73. The minimum Gasteiger partial charge on any atom is -0.383 e. The third-order valence-electron chi connectivity index (χ3n) is 3.36. The van der Waals surface area contributed by atoms with Crippen LogP contribution in [0, 0.1) is 5.82 Å². The van der Waals surface area contributed by atoms with Crippen molar-refractivity contribution in [2.75, 3.05) is 5.75 Å². The summed E-state index contributed by atoms with van der Waals surface area (Å²) < 4.78 is 74.2. The first-order chi connectivity index (χ1) is 9.13. The number of hydrogen-bond donors (Lipinski definition) is 1. The van der Waals surface area contributed by atoms with Gasteiger partial charge in [0.15, 0.2) is 15.9 Å². The molecule has 8 heteroatoms. The van der Waals surface area contributed by atoms with Crippen molar-refractivity contribution in [3.63, 3.8) is 0 Å². The lowest BCUT2D eigenvalue weighted by Gasteiger charge is -2.18. The molecule has 0 saturated carbocycles. The van der Waals surface area contributed by atoms with E-state index in [1.54, 1.807) is 0 Å². The molecule has 2 atom stereocenters. The van der Waals surface area contributed by atoms with Crippen LogP contribution in [0.4, 0.5) is 17.6 Å². The van der Waals surface area contributed by atoms with Crippen molar-refractivity contribution < 1.29 is 31.1 Å². The van der Waals surface area contributed by atoms with Gasteiger partial charge in [-0.3, -0.25) is 0 Å². The molecule has 0 fully saturated rings. The van der Waals surface area contributed by atoms with Crippen LogP contribution in [0.2, 0.25) is 0 Å². The van der Waals surface area contributed by atoms with Crippen molar-refractivity contribution in [1.82, 2.24) is 0 Å². The highest BCUT2D eigenvalue weighted by Crippen LogP contribution is 2.39. The molecule has 0 saturated heterocycles. The van der Waals surface area contributed by atoms with Gasteiger partial charge in [0.05, 0.1) is 11.0 Å². The largest absolute Gasteiger partial charge is 0.415 e. The molecule has 0 radical (unpaired) electrons. The predicted molar refractivity (Wildman–Crippen MR) is 63.3 cm³/mol. The molecule has 1 aliphatic rings. The van der Waals surface area contributed by atoms with Crippen LogP contribution in [0.15, 0.2) is 18.2 Å². The number of sulfone groups is 1. The number of halogens is 4. The SMILES string of the molecule is O=S(=O)(C[C@@H](O)C(F)(F)F)[C@H]1CCc2c(F)cccc21. The summed E-state index contributed by atoms with van der Waals surface area (Å²) in [5, 5.41) is 7.72. The fourth-order valence-electron chi connectivity index (χ4n) is 2.38. The molecule has 0 aromatic heterocycles. The van der Waals surface area contributed by atoms with Crippen LogP contribution in [0.25, 0.3) is 0 Å². The first-order valence-corrected chi connectivity index (χ1v) is 7.58. The van der Waals surface area contributed by atoms with Crippen molar-refractivity contribution >= 4 is 9.84 Å². The molecule has 0 bridgehead atoms. The van der Waals surface area contributed by atoms with Crippen LogP contribution in [0.3, 0.4) is 0 Å². The van der Waals surface area contributed by atoms with Gasteiger partial charge >= 0.3 is 6.18 Å². The number of benzene rings is 1. The van der Waals surface area contributed by atoms with Gasteiger partial charge in [0.1, 0.15) is 5.82 Å². The lowest BCUT2D eigenvalue weighted by atomic mass is 10.1. The van der Waals surface area contributed by atoms with Gasteiger partial charge < -0.3 is 5.11 Å². The van der Waals surface area contributed by atoms with Crippen LogP contribution in [-0.4, -0.2) is 31.6 Å². The highest BCUT2D eigenvalue weighted by molar-refractivity contribution is 7.91. The molecule has 2 rings (SSSR count). The Morgan fingerprint density at radius 2 is 2.00 bits per heavy atom. The molecule has 1 aliphatic carbocycles. The molecule has 20 heavy (non-hydrogen) atoms. The maximum atomic E-state index is 13.5. The summed E-state index contributed by atoms with van der Waals surface area (Å²) in [6.45, 7) is 0. The number of rotatable bonds is 3. The van der Waals surface area contributed by atoms with Crippen LogP contribution < -0.4 is 0 Å². The van der Waals surface area contributed by atoms with Gasteiger partial charge in [0, 0.05) is 0 Å². The molecular formula is C12H12F4O3S. The Labute approximate surface area is 113 Å². The Morgan fingerprint density at radius 1 is 1.35 bits per heavy atom. The van der Waals surface area contributed by atoms with Crippen molar-refractivity contribution in [2.45, 2.75) is 30.4 Å². The minimum atomic E-state index is -4.99. The van der Waals surface area contributed by atoms with E-state index in [0.29, 0.717) is 0 Å². The van der Waals surface area contributed by atoms with Crippen LogP contribution in [-0.2, 0) is 16.3 Å². The third kappa shape index (κ3) is 2.80. The van der Waals surface area contributed by atoms with Crippen molar-refractivity contribution in [3.8, 4) is 0 Å². The fraction of sp³-hybridized carbons (Fsp3) is 0.500. The van der Waals surface area contributed by atoms with E-state index in [1.807, 2.05) is 0 Å². The van der Waals surface area contributed by atoms with Gasteiger partial charge in [-0.15, -0.1) is 0 Å². The van der Waals surface area contributed by atoms with Gasteiger partial charge in [-0.2, -0.15) is 13.2 Å². The summed E-state index contributed by atoms with van der Waals surface area (Å²) >= 11 is 0. The molecule has 1 N–H and O–H groups in total. The molecular weight excluding hydrogens is 300 g/mol. The maximum absolute atomic E-state index is 13.5.